The fourth-order valence-electron chi connectivity index (χ4n) is 2.20. The van der Waals surface area contributed by atoms with Crippen molar-refractivity contribution in [1.82, 2.24) is 20.4 Å². The van der Waals surface area contributed by atoms with Crippen molar-refractivity contribution in [2.75, 3.05) is 26.2 Å². The van der Waals surface area contributed by atoms with Crippen LogP contribution in [0.5, 0.6) is 0 Å². The maximum absolute atomic E-state index is 3.92. The molecule has 0 saturated carbocycles. The van der Waals surface area contributed by atoms with Crippen LogP contribution in [-0.2, 0) is 6.54 Å². The van der Waals surface area contributed by atoms with E-state index in [1.54, 1.807) is 6.20 Å². The highest BCUT2D eigenvalue weighted by Crippen LogP contribution is 2.07. The van der Waals surface area contributed by atoms with Crippen molar-refractivity contribution in [2.45, 2.75) is 32.2 Å². The van der Waals surface area contributed by atoms with Gasteiger partial charge in [0.1, 0.15) is 0 Å². The molecule has 2 rings (SSSR count). The number of unbranched alkanes of at least 4 members (excludes halogenated alkanes) is 1. The summed E-state index contributed by atoms with van der Waals surface area (Å²) in [6, 6.07) is 2.01. The Kier molecular flexibility index (Phi) is 7.24. The van der Waals surface area contributed by atoms with Gasteiger partial charge in [0.15, 0.2) is 0 Å². The van der Waals surface area contributed by atoms with Crippen molar-refractivity contribution in [3.63, 3.8) is 0 Å². The zero-order chi connectivity index (χ0) is 11.1. The second kappa shape index (κ2) is 8.50. The number of hydrogen-bond donors (Lipinski definition) is 2. The molecule has 0 bridgehead atoms. The summed E-state index contributed by atoms with van der Waals surface area (Å²) in [5.41, 5.74) is 1.17. The molecule has 1 saturated heterocycles. The molecule has 5 heteroatoms. The number of rotatable bonds is 7. The fourth-order valence-corrected chi connectivity index (χ4v) is 2.20. The normalized spacial score (nSPS) is 16.0. The van der Waals surface area contributed by atoms with E-state index < -0.39 is 0 Å². The molecule has 0 radical (unpaired) electrons. The number of nitrogens with zero attached hydrogens (tertiary/aromatic N) is 2. The number of nitrogens with one attached hydrogen (secondary N) is 2. The van der Waals surface area contributed by atoms with Gasteiger partial charge in [-0.25, -0.2) is 0 Å². The molecule has 1 fully saturated rings. The van der Waals surface area contributed by atoms with E-state index in [0.717, 1.165) is 13.1 Å². The van der Waals surface area contributed by atoms with Crippen LogP contribution in [0.15, 0.2) is 12.3 Å². The van der Waals surface area contributed by atoms with Crippen LogP contribution in [0.1, 0.15) is 31.4 Å². The van der Waals surface area contributed by atoms with E-state index in [1.807, 2.05) is 6.07 Å². The first-order chi connectivity index (χ1) is 7.95. The van der Waals surface area contributed by atoms with Crippen molar-refractivity contribution in [1.29, 1.82) is 0 Å². The van der Waals surface area contributed by atoms with Crippen molar-refractivity contribution in [3.8, 4) is 0 Å². The zero-order valence-electron chi connectivity index (χ0n) is 10.3. The molecule has 0 aliphatic carbocycles. The molecule has 0 aromatic carbocycles. The Morgan fingerprint density at radius 2 is 2.12 bits per heavy atom. The Balaban J connectivity index is 0.00000144. The lowest BCUT2D eigenvalue weighted by Gasteiger charge is -2.13. The first-order valence-corrected chi connectivity index (χ1v) is 6.36. The lowest BCUT2D eigenvalue weighted by atomic mass is 10.3. The Hall–Kier alpha value is -0.580. The third-order valence-corrected chi connectivity index (χ3v) is 3.15. The zero-order valence-corrected chi connectivity index (χ0v) is 11.1. The quantitative estimate of drug-likeness (QED) is 0.733. The highest BCUT2D eigenvalue weighted by atomic mass is 35.5. The number of H-pyrrole nitrogens is 1. The van der Waals surface area contributed by atoms with E-state index in [1.165, 1.54) is 51.0 Å². The summed E-state index contributed by atoms with van der Waals surface area (Å²) in [6.07, 6.45) is 7.18. The minimum Gasteiger partial charge on any atom is -0.311 e. The second-order valence-corrected chi connectivity index (χ2v) is 4.51. The van der Waals surface area contributed by atoms with Gasteiger partial charge in [-0.15, -0.1) is 12.4 Å². The summed E-state index contributed by atoms with van der Waals surface area (Å²) in [4.78, 5) is 2.58. The van der Waals surface area contributed by atoms with Gasteiger partial charge in [-0.1, -0.05) is 0 Å². The molecule has 4 nitrogen and oxygen atoms in total. The predicted octanol–water partition coefficient (Wildman–Crippen LogP) is 1.80. The highest BCUT2D eigenvalue weighted by Gasteiger charge is 2.09. The van der Waals surface area contributed by atoms with E-state index in [4.69, 9.17) is 0 Å². The maximum Gasteiger partial charge on any atom is 0.0490 e. The standard InChI is InChI=1S/C12H22N4.ClH/c1(2-8-16-9-3-4-10-16)6-13-11-12-5-7-14-15-12;/h5,7,13H,1-4,6,8-11H2,(H,14,15);1H. The molecule has 1 aliphatic heterocycles. The summed E-state index contributed by atoms with van der Waals surface area (Å²) in [5.74, 6) is 0. The second-order valence-electron chi connectivity index (χ2n) is 4.51. The lowest BCUT2D eigenvalue weighted by molar-refractivity contribution is 0.329. The molecule has 17 heavy (non-hydrogen) atoms. The number of aromatic amines is 1. The number of likely N-dealkylation sites (tertiary alicyclic amines) is 1. The maximum atomic E-state index is 3.92. The van der Waals surface area contributed by atoms with Gasteiger partial charge in [-0.05, 0) is 57.9 Å². The summed E-state index contributed by atoms with van der Waals surface area (Å²) >= 11 is 0. The summed E-state index contributed by atoms with van der Waals surface area (Å²) in [5, 5.41) is 10.3. The van der Waals surface area contributed by atoms with Crippen molar-refractivity contribution in [3.05, 3.63) is 18.0 Å². The van der Waals surface area contributed by atoms with Gasteiger partial charge in [0.05, 0.1) is 0 Å². The SMILES string of the molecule is Cl.c1cc(CNCCCCN2CCCC2)[nH]n1. The highest BCUT2D eigenvalue weighted by molar-refractivity contribution is 5.85. The first kappa shape index (κ1) is 14.5. The first-order valence-electron chi connectivity index (χ1n) is 6.36. The van der Waals surface area contributed by atoms with Gasteiger partial charge in [-0.2, -0.15) is 5.10 Å². The van der Waals surface area contributed by atoms with Crippen LogP contribution in [0.2, 0.25) is 0 Å². The Bertz CT molecular complexity index is 270. The summed E-state index contributed by atoms with van der Waals surface area (Å²) in [7, 11) is 0. The predicted molar refractivity (Wildman–Crippen MR) is 72.5 cm³/mol. The molecular weight excluding hydrogens is 236 g/mol. The largest absolute Gasteiger partial charge is 0.311 e. The number of halogens is 1. The molecule has 0 amide bonds. The van der Waals surface area contributed by atoms with E-state index in [0.29, 0.717) is 0 Å². The van der Waals surface area contributed by atoms with Crippen molar-refractivity contribution in [2.24, 2.45) is 0 Å². The van der Waals surface area contributed by atoms with Gasteiger partial charge in [-0.3, -0.25) is 5.10 Å². The van der Waals surface area contributed by atoms with Crippen LogP contribution >= 0.6 is 12.4 Å². The van der Waals surface area contributed by atoms with Gasteiger partial charge >= 0.3 is 0 Å². The fraction of sp³-hybridized carbons (Fsp3) is 0.750. The van der Waals surface area contributed by atoms with Gasteiger partial charge < -0.3 is 10.2 Å². The summed E-state index contributed by atoms with van der Waals surface area (Å²) < 4.78 is 0. The average molecular weight is 259 g/mol. The van der Waals surface area contributed by atoms with Crippen LogP contribution in [0.3, 0.4) is 0 Å². The molecule has 1 aliphatic rings. The Morgan fingerprint density at radius 3 is 2.82 bits per heavy atom. The third kappa shape index (κ3) is 5.52. The van der Waals surface area contributed by atoms with E-state index in [2.05, 4.69) is 20.4 Å². The van der Waals surface area contributed by atoms with Gasteiger partial charge in [0.25, 0.3) is 0 Å². The number of aromatic nitrogens is 2. The Morgan fingerprint density at radius 1 is 1.29 bits per heavy atom. The van der Waals surface area contributed by atoms with Crippen LogP contribution < -0.4 is 5.32 Å². The summed E-state index contributed by atoms with van der Waals surface area (Å²) in [6.45, 7) is 5.94. The van der Waals surface area contributed by atoms with Gasteiger partial charge in [0, 0.05) is 18.4 Å². The molecule has 0 spiro atoms. The molecule has 1 aromatic rings. The van der Waals surface area contributed by atoms with Gasteiger partial charge in [0.2, 0.25) is 0 Å². The average Bonchev–Trinajstić information content (AvgIpc) is 2.96. The minimum absolute atomic E-state index is 0. The van der Waals surface area contributed by atoms with Crippen LogP contribution in [0.25, 0.3) is 0 Å². The van der Waals surface area contributed by atoms with Crippen molar-refractivity contribution < 1.29 is 0 Å². The number of hydrogen-bond acceptors (Lipinski definition) is 3. The Labute approximate surface area is 110 Å². The molecule has 2 N–H and O–H groups in total. The smallest absolute Gasteiger partial charge is 0.0490 e. The molecular formula is C12H23ClN4. The molecule has 0 atom stereocenters. The monoisotopic (exact) mass is 258 g/mol. The van der Waals surface area contributed by atoms with Crippen LogP contribution in [0.4, 0.5) is 0 Å². The lowest BCUT2D eigenvalue weighted by Crippen LogP contribution is -2.22. The van der Waals surface area contributed by atoms with E-state index in [9.17, 15) is 0 Å². The van der Waals surface area contributed by atoms with E-state index in [-0.39, 0.29) is 12.4 Å². The van der Waals surface area contributed by atoms with Crippen LogP contribution in [-0.4, -0.2) is 41.3 Å². The third-order valence-electron chi connectivity index (χ3n) is 3.15. The minimum atomic E-state index is 0. The molecule has 98 valence electrons. The van der Waals surface area contributed by atoms with E-state index >= 15 is 0 Å². The van der Waals surface area contributed by atoms with Crippen LogP contribution in [0, 0.1) is 0 Å². The molecule has 1 aromatic heterocycles. The molecule has 0 unspecified atom stereocenters. The topological polar surface area (TPSA) is 44.0 Å². The van der Waals surface area contributed by atoms with Crippen molar-refractivity contribution >= 4 is 12.4 Å². The molecule has 2 heterocycles.